The summed E-state index contributed by atoms with van der Waals surface area (Å²) in [6, 6.07) is 38.8. The summed E-state index contributed by atoms with van der Waals surface area (Å²) in [5, 5.41) is 9.49. The van der Waals surface area contributed by atoms with Gasteiger partial charge in [0, 0.05) is 18.3 Å². The van der Waals surface area contributed by atoms with Crippen LogP contribution in [0.1, 0.15) is 67.2 Å². The van der Waals surface area contributed by atoms with Gasteiger partial charge >= 0.3 is 11.7 Å². The summed E-state index contributed by atoms with van der Waals surface area (Å²) in [7, 11) is -0.308. The Morgan fingerprint density at radius 3 is 2.03 bits per heavy atom. The number of nitrogen functional groups attached to an aromatic ring is 1. The van der Waals surface area contributed by atoms with E-state index in [0.29, 0.717) is 11.3 Å². The molecule has 6 rings (SSSR count). The molecule has 14 heteroatoms. The molecule has 0 saturated carbocycles. The molecule has 314 valence electrons. The summed E-state index contributed by atoms with van der Waals surface area (Å²) in [4.78, 5) is 31.6. The lowest BCUT2D eigenvalue weighted by Gasteiger charge is -2.46. The minimum absolute atomic E-state index is 0.0421. The summed E-state index contributed by atoms with van der Waals surface area (Å²) in [5.74, 6) is 0.0992. The van der Waals surface area contributed by atoms with E-state index in [-0.39, 0.29) is 44.1 Å². The smallest absolute Gasteiger partial charge is 0.349 e. The number of hydrogen-bond acceptors (Lipinski definition) is 12. The van der Waals surface area contributed by atoms with Crippen LogP contribution in [0.5, 0.6) is 5.75 Å². The molecule has 1 fully saturated rings. The molecule has 1 saturated heterocycles. The number of nitrogens with zero attached hydrogens (tertiary/aromatic N) is 4. The molecule has 60 heavy (non-hydrogen) atoms. The molecule has 1 aliphatic heterocycles. The van der Waals surface area contributed by atoms with Gasteiger partial charge in [-0.2, -0.15) is 10.2 Å². The van der Waals surface area contributed by atoms with Crippen LogP contribution in [-0.2, 0) is 28.9 Å². The van der Waals surface area contributed by atoms with Crippen molar-refractivity contribution in [2.75, 3.05) is 32.7 Å². The highest BCUT2D eigenvalue weighted by molar-refractivity contribution is 7.44. The fraction of sp³-hybridized carbons (Fsp3) is 0.348. The molecule has 1 aromatic heterocycles. The van der Waals surface area contributed by atoms with Crippen LogP contribution in [0.4, 0.5) is 5.82 Å². The van der Waals surface area contributed by atoms with Crippen LogP contribution in [0, 0.1) is 11.3 Å². The minimum atomic E-state index is -1.93. The molecule has 5 aromatic rings. The zero-order valence-electron chi connectivity index (χ0n) is 34.5. The highest BCUT2D eigenvalue weighted by Gasteiger charge is 2.49. The normalized spacial score (nSPS) is 18.6. The predicted octanol–water partition coefficient (Wildman–Crippen LogP) is 7.67. The third kappa shape index (κ3) is 10.1. The van der Waals surface area contributed by atoms with E-state index in [1.807, 2.05) is 113 Å². The number of carbonyl (C=O) groups is 1. The first kappa shape index (κ1) is 44.1. The standard InChI is InChI=1S/C46H52N5O8P/c1-32(2)51(33(3)4)60(57-29-15-27-47)59-43-40(55-30-39(50-28-26-41(48)49-45(50)53)42(43)58-44(52)34-16-9-6-10-17-34)31-56-46(35-18-11-7-12-19-35,36-20-13-8-14-21-36)37-22-24-38(54-5)25-23-37/h6-14,16-26,28,32-33,39-40,42-43H,15,29-31H2,1-5H3,(H2,48,49,53)/t39-,40-,42+,43-,60?/m1/s1. The molecular weight excluding hydrogens is 782 g/mol. The van der Waals surface area contributed by atoms with Crippen LogP contribution >= 0.6 is 8.53 Å². The fourth-order valence-corrected chi connectivity index (χ4v) is 9.24. The molecule has 1 aliphatic rings. The van der Waals surface area contributed by atoms with E-state index in [1.165, 1.54) is 16.8 Å². The predicted molar refractivity (Wildman–Crippen MR) is 229 cm³/mol. The van der Waals surface area contributed by atoms with Crippen molar-refractivity contribution in [3.05, 3.63) is 160 Å². The average Bonchev–Trinajstić information content (AvgIpc) is 3.26. The molecule has 1 unspecified atom stereocenters. The Balaban J connectivity index is 1.51. The molecule has 13 nitrogen and oxygen atoms in total. The van der Waals surface area contributed by atoms with Crippen molar-refractivity contribution in [3.8, 4) is 11.8 Å². The summed E-state index contributed by atoms with van der Waals surface area (Å²) >= 11 is 0. The van der Waals surface area contributed by atoms with Crippen LogP contribution in [-0.4, -0.2) is 77.5 Å². The number of benzene rings is 4. The number of hydrogen-bond donors (Lipinski definition) is 1. The third-order valence-electron chi connectivity index (χ3n) is 10.2. The number of nitriles is 1. The lowest BCUT2D eigenvalue weighted by Crippen LogP contribution is -2.57. The van der Waals surface area contributed by atoms with Crippen LogP contribution in [0.25, 0.3) is 0 Å². The highest BCUT2D eigenvalue weighted by Crippen LogP contribution is 2.50. The second-order valence-electron chi connectivity index (χ2n) is 14.8. The minimum Gasteiger partial charge on any atom is -0.497 e. The van der Waals surface area contributed by atoms with Crippen molar-refractivity contribution >= 4 is 20.3 Å². The summed E-state index contributed by atoms with van der Waals surface area (Å²) < 4.78 is 43.0. The zero-order valence-corrected chi connectivity index (χ0v) is 35.4. The van der Waals surface area contributed by atoms with Gasteiger partial charge in [0.25, 0.3) is 8.53 Å². The van der Waals surface area contributed by atoms with Gasteiger partial charge in [0.2, 0.25) is 0 Å². The number of esters is 1. The molecule has 0 aliphatic carbocycles. The van der Waals surface area contributed by atoms with Gasteiger partial charge < -0.3 is 33.7 Å². The van der Waals surface area contributed by atoms with Crippen LogP contribution in [0.15, 0.2) is 132 Å². The Labute approximate surface area is 352 Å². The largest absolute Gasteiger partial charge is 0.497 e. The van der Waals surface area contributed by atoms with Crippen LogP contribution in [0.2, 0.25) is 0 Å². The maximum Gasteiger partial charge on any atom is 0.349 e. The van der Waals surface area contributed by atoms with Crippen LogP contribution < -0.4 is 16.2 Å². The number of rotatable bonds is 18. The number of nitrogens with two attached hydrogens (primary N) is 1. The number of methoxy groups -OCH3 is 1. The Morgan fingerprint density at radius 2 is 1.48 bits per heavy atom. The van der Waals surface area contributed by atoms with E-state index in [9.17, 15) is 14.9 Å². The maximum absolute atomic E-state index is 14.1. The van der Waals surface area contributed by atoms with Gasteiger partial charge in [-0.3, -0.25) is 4.57 Å². The Bertz CT molecular complexity index is 2170. The van der Waals surface area contributed by atoms with E-state index < -0.39 is 50.1 Å². The molecule has 4 aromatic carbocycles. The monoisotopic (exact) mass is 833 g/mol. The zero-order chi connectivity index (χ0) is 42.6. The highest BCUT2D eigenvalue weighted by atomic mass is 31.2. The third-order valence-corrected chi connectivity index (χ3v) is 12.3. The molecule has 2 N–H and O–H groups in total. The van der Waals surface area contributed by atoms with Crippen molar-refractivity contribution in [2.24, 2.45) is 0 Å². The van der Waals surface area contributed by atoms with Gasteiger partial charge in [0.05, 0.1) is 45.0 Å². The lowest BCUT2D eigenvalue weighted by atomic mass is 9.80. The molecule has 5 atom stereocenters. The maximum atomic E-state index is 14.1. The quantitative estimate of drug-likeness (QED) is 0.0398. The average molecular weight is 834 g/mol. The molecule has 0 radical (unpaired) electrons. The topological polar surface area (TPSA) is 160 Å². The molecule has 0 bridgehead atoms. The van der Waals surface area contributed by atoms with E-state index in [1.54, 1.807) is 37.4 Å². The van der Waals surface area contributed by atoms with E-state index in [0.717, 1.165) is 16.7 Å². The second-order valence-corrected chi connectivity index (χ2v) is 16.2. The molecular formula is C46H52N5O8P. The Hall–Kier alpha value is -5.45. The molecule has 2 heterocycles. The lowest BCUT2D eigenvalue weighted by molar-refractivity contribution is -0.180. The number of anilines is 1. The van der Waals surface area contributed by atoms with Crippen LogP contribution in [0.3, 0.4) is 0 Å². The first-order chi connectivity index (χ1) is 29.1. The number of carbonyl (C=O) groups excluding carboxylic acids is 1. The first-order valence-corrected chi connectivity index (χ1v) is 21.1. The molecule has 0 amide bonds. The SMILES string of the molecule is COc1ccc(C(OC[C@H]2OC[C@@H](n3ccc(N)nc3=O)[C@H](OC(=O)c3ccccc3)[C@@H]2OP(OCCC#N)N(C(C)C)C(C)C)(c2ccccc2)c2ccccc2)cc1. The Kier molecular flexibility index (Phi) is 15.2. The van der Waals surface area contributed by atoms with E-state index in [2.05, 4.69) is 15.7 Å². The van der Waals surface area contributed by atoms with Gasteiger partial charge in [0.1, 0.15) is 35.4 Å². The second kappa shape index (κ2) is 20.7. The van der Waals surface area contributed by atoms with Crippen molar-refractivity contribution in [2.45, 2.75) is 76.2 Å². The van der Waals surface area contributed by atoms with Crippen molar-refractivity contribution < 1.29 is 32.8 Å². The van der Waals surface area contributed by atoms with Crippen molar-refractivity contribution in [1.29, 1.82) is 5.26 Å². The van der Waals surface area contributed by atoms with Crippen molar-refractivity contribution in [1.82, 2.24) is 14.2 Å². The van der Waals surface area contributed by atoms with Crippen molar-refractivity contribution in [3.63, 3.8) is 0 Å². The summed E-state index contributed by atoms with van der Waals surface area (Å²) in [6.07, 6.45) is -1.49. The first-order valence-electron chi connectivity index (χ1n) is 19.9. The summed E-state index contributed by atoms with van der Waals surface area (Å²) in [5.41, 5.74) is 6.93. The Morgan fingerprint density at radius 1 is 0.900 bits per heavy atom. The molecule has 0 spiro atoms. The van der Waals surface area contributed by atoms with E-state index >= 15 is 0 Å². The fourth-order valence-electron chi connectivity index (χ4n) is 7.47. The van der Waals surface area contributed by atoms with Gasteiger partial charge in [-0.1, -0.05) is 91.0 Å². The summed E-state index contributed by atoms with van der Waals surface area (Å²) in [6.45, 7) is 8.06. The number of aromatic nitrogens is 2. The van der Waals surface area contributed by atoms with Gasteiger partial charge in [-0.15, -0.1) is 0 Å². The van der Waals surface area contributed by atoms with Gasteiger partial charge in [0.15, 0.2) is 6.10 Å². The van der Waals surface area contributed by atoms with E-state index in [4.69, 9.17) is 33.7 Å². The van der Waals surface area contributed by atoms with Gasteiger partial charge in [-0.25, -0.2) is 14.3 Å². The van der Waals surface area contributed by atoms with Gasteiger partial charge in [-0.05, 0) is 74.7 Å². The number of ether oxygens (including phenoxy) is 4.